The second kappa shape index (κ2) is 12.7. The van der Waals surface area contributed by atoms with Gasteiger partial charge in [-0.3, -0.25) is 4.98 Å². The number of pyridine rings is 1. The van der Waals surface area contributed by atoms with E-state index in [1.165, 1.54) is 0 Å². The summed E-state index contributed by atoms with van der Waals surface area (Å²) in [5.74, 6) is 1.80. The van der Waals surface area contributed by atoms with Gasteiger partial charge in [0.1, 0.15) is 23.9 Å². The SMILES string of the molecule is Cc1cc(CC(NC(=O)OC(C)(C)C)c2nccn2Cc2ccncc2)cc2cn(COCC[S+](C)C)nc12. The van der Waals surface area contributed by atoms with Crippen molar-refractivity contribution in [1.82, 2.24) is 29.6 Å². The monoisotopic (exact) mass is 551 g/mol. The Hall–Kier alpha value is -3.37. The molecule has 9 nitrogen and oxygen atoms in total. The Morgan fingerprint density at radius 1 is 1.13 bits per heavy atom. The third kappa shape index (κ3) is 8.31. The quantitative estimate of drug-likeness (QED) is 0.215. The van der Waals surface area contributed by atoms with E-state index in [0.717, 1.165) is 45.8 Å². The lowest BCUT2D eigenvalue weighted by atomic mass is 10.0. The Kier molecular flexibility index (Phi) is 9.29. The molecule has 0 aliphatic carbocycles. The topological polar surface area (TPSA) is 96.1 Å². The van der Waals surface area contributed by atoms with Crippen molar-refractivity contribution in [3.63, 3.8) is 0 Å². The molecule has 3 heterocycles. The van der Waals surface area contributed by atoms with Gasteiger partial charge >= 0.3 is 6.09 Å². The van der Waals surface area contributed by atoms with Crippen molar-refractivity contribution < 1.29 is 14.3 Å². The smallest absolute Gasteiger partial charge is 0.408 e. The number of ether oxygens (including phenoxy) is 2. The molecule has 1 unspecified atom stereocenters. The molecule has 3 aromatic heterocycles. The maximum atomic E-state index is 12.9. The average molecular weight is 552 g/mol. The molecule has 0 spiro atoms. The van der Waals surface area contributed by atoms with Crippen LogP contribution in [0.15, 0.2) is 55.2 Å². The lowest BCUT2D eigenvalue weighted by Gasteiger charge is -2.24. The number of benzene rings is 1. The van der Waals surface area contributed by atoms with Crippen LogP contribution in [0.25, 0.3) is 10.9 Å². The maximum absolute atomic E-state index is 12.9. The Morgan fingerprint density at radius 2 is 1.90 bits per heavy atom. The second-order valence-corrected chi connectivity index (χ2v) is 13.3. The highest BCUT2D eigenvalue weighted by molar-refractivity contribution is 7.95. The first-order valence-electron chi connectivity index (χ1n) is 13.1. The number of amides is 1. The number of carbonyl (C=O) groups is 1. The zero-order chi connectivity index (χ0) is 28.0. The van der Waals surface area contributed by atoms with Crippen molar-refractivity contribution in [3.8, 4) is 0 Å². The van der Waals surface area contributed by atoms with Gasteiger partial charge in [0, 0.05) is 49.3 Å². The zero-order valence-corrected chi connectivity index (χ0v) is 24.5. The van der Waals surface area contributed by atoms with Gasteiger partial charge in [-0.15, -0.1) is 0 Å². The fraction of sp³-hybridized carbons (Fsp3) is 0.448. The third-order valence-corrected chi connectivity index (χ3v) is 7.04. The summed E-state index contributed by atoms with van der Waals surface area (Å²) in [6, 6.07) is 7.80. The number of hydrogen-bond donors (Lipinski definition) is 1. The van der Waals surface area contributed by atoms with Crippen LogP contribution in [0.2, 0.25) is 0 Å². The molecule has 4 rings (SSSR count). The van der Waals surface area contributed by atoms with Crippen molar-refractivity contribution in [2.24, 2.45) is 0 Å². The molecule has 0 saturated carbocycles. The Morgan fingerprint density at radius 3 is 2.62 bits per heavy atom. The summed E-state index contributed by atoms with van der Waals surface area (Å²) in [7, 11) is 0.359. The van der Waals surface area contributed by atoms with E-state index in [9.17, 15) is 4.79 Å². The molecular formula is C29H39N6O3S+. The average Bonchev–Trinajstić information content (AvgIpc) is 3.48. The molecule has 0 aliphatic heterocycles. The minimum atomic E-state index is -0.608. The highest BCUT2D eigenvalue weighted by Gasteiger charge is 2.24. The Balaban J connectivity index is 1.58. The molecule has 208 valence electrons. The van der Waals surface area contributed by atoms with Crippen LogP contribution in [-0.4, -0.2) is 60.9 Å². The summed E-state index contributed by atoms with van der Waals surface area (Å²) < 4.78 is 15.3. The maximum Gasteiger partial charge on any atom is 0.408 e. The van der Waals surface area contributed by atoms with Gasteiger partial charge in [0.05, 0.1) is 30.7 Å². The van der Waals surface area contributed by atoms with Crippen molar-refractivity contribution >= 4 is 27.9 Å². The normalized spacial score (nSPS) is 12.7. The largest absolute Gasteiger partial charge is 0.444 e. The van der Waals surface area contributed by atoms with Gasteiger partial charge in [0.25, 0.3) is 0 Å². The summed E-state index contributed by atoms with van der Waals surface area (Å²) in [5, 5.41) is 8.84. The van der Waals surface area contributed by atoms with E-state index >= 15 is 0 Å². The van der Waals surface area contributed by atoms with Crippen LogP contribution in [0.1, 0.15) is 49.3 Å². The molecule has 0 saturated heterocycles. The fourth-order valence-corrected chi connectivity index (χ4v) is 4.80. The van der Waals surface area contributed by atoms with E-state index in [4.69, 9.17) is 14.6 Å². The molecule has 0 radical (unpaired) electrons. The van der Waals surface area contributed by atoms with Crippen LogP contribution in [0.4, 0.5) is 4.79 Å². The molecule has 1 aromatic carbocycles. The van der Waals surface area contributed by atoms with Crippen molar-refractivity contribution in [2.75, 3.05) is 24.9 Å². The van der Waals surface area contributed by atoms with Gasteiger partial charge in [0.15, 0.2) is 0 Å². The summed E-state index contributed by atoms with van der Waals surface area (Å²) >= 11 is 0. The molecule has 39 heavy (non-hydrogen) atoms. The van der Waals surface area contributed by atoms with Crippen LogP contribution in [0.3, 0.4) is 0 Å². The number of aryl methyl sites for hydroxylation is 1. The highest BCUT2D eigenvalue weighted by Crippen LogP contribution is 2.25. The van der Waals surface area contributed by atoms with Crippen molar-refractivity contribution in [2.45, 2.75) is 59.0 Å². The minimum Gasteiger partial charge on any atom is -0.444 e. The molecule has 4 aromatic rings. The highest BCUT2D eigenvalue weighted by atomic mass is 32.2. The molecule has 0 fully saturated rings. The van der Waals surface area contributed by atoms with Gasteiger partial charge in [-0.25, -0.2) is 14.5 Å². The number of alkyl carbamates (subject to hydrolysis) is 1. The first-order valence-corrected chi connectivity index (χ1v) is 15.3. The number of fused-ring (bicyclic) bond motifs is 1. The number of rotatable bonds is 11. The predicted molar refractivity (Wildman–Crippen MR) is 156 cm³/mol. The summed E-state index contributed by atoms with van der Waals surface area (Å²) in [4.78, 5) is 21.6. The van der Waals surface area contributed by atoms with Gasteiger partial charge < -0.3 is 19.4 Å². The standard InChI is InChI=1S/C29H38N6O3S/c1-21-15-23(16-24-19-35(33-26(21)24)20-37-13-14-39(5)6)17-25(32-28(36)38-29(2,3)4)27-31-11-12-34(27)18-22-7-9-30-10-8-22/h7-12,15-16,19,25H,13-14,17-18,20H2,1-6H3/p+1. The number of aromatic nitrogens is 5. The molecule has 1 atom stereocenters. The summed E-state index contributed by atoms with van der Waals surface area (Å²) in [5.41, 5.74) is 3.58. The van der Waals surface area contributed by atoms with E-state index in [2.05, 4.69) is 51.4 Å². The Bertz CT molecular complexity index is 1380. The molecule has 10 heteroatoms. The number of hydrogen-bond acceptors (Lipinski definition) is 6. The molecule has 1 N–H and O–H groups in total. The summed E-state index contributed by atoms with van der Waals surface area (Å²) in [6.07, 6.45) is 13.8. The Labute approximate surface area is 233 Å². The van der Waals surface area contributed by atoms with Crippen molar-refractivity contribution in [3.05, 3.63) is 77.8 Å². The first kappa shape index (κ1) is 28.6. The number of carbonyl (C=O) groups excluding carboxylic acids is 1. The van der Waals surface area contributed by atoms with Gasteiger partial charge in [-0.05, 0) is 73.5 Å². The zero-order valence-electron chi connectivity index (χ0n) is 23.7. The lowest BCUT2D eigenvalue weighted by Crippen LogP contribution is -2.37. The van der Waals surface area contributed by atoms with Gasteiger partial charge in [-0.2, -0.15) is 5.10 Å². The van der Waals surface area contributed by atoms with Crippen LogP contribution in [0, 0.1) is 6.92 Å². The predicted octanol–water partition coefficient (Wildman–Crippen LogP) is 4.65. The van der Waals surface area contributed by atoms with Crippen LogP contribution in [-0.2, 0) is 40.1 Å². The van der Waals surface area contributed by atoms with Crippen LogP contribution >= 0.6 is 0 Å². The van der Waals surface area contributed by atoms with Crippen LogP contribution in [0.5, 0.6) is 0 Å². The number of imidazole rings is 1. The van der Waals surface area contributed by atoms with Crippen molar-refractivity contribution in [1.29, 1.82) is 0 Å². The van der Waals surface area contributed by atoms with E-state index < -0.39 is 17.7 Å². The molecule has 0 aliphatic rings. The summed E-state index contributed by atoms with van der Waals surface area (Å²) in [6.45, 7) is 9.39. The first-order chi connectivity index (χ1) is 18.6. The fourth-order valence-electron chi connectivity index (χ4n) is 4.35. The third-order valence-electron chi connectivity index (χ3n) is 6.06. The van der Waals surface area contributed by atoms with E-state index in [1.807, 2.05) is 50.0 Å². The molecular weight excluding hydrogens is 512 g/mol. The van der Waals surface area contributed by atoms with E-state index in [0.29, 0.717) is 30.6 Å². The van der Waals surface area contributed by atoms with Gasteiger partial charge in [0.2, 0.25) is 0 Å². The molecule has 1 amide bonds. The van der Waals surface area contributed by atoms with E-state index in [1.54, 1.807) is 18.6 Å². The minimum absolute atomic E-state index is 0.359. The van der Waals surface area contributed by atoms with E-state index in [-0.39, 0.29) is 0 Å². The molecule has 0 bridgehead atoms. The second-order valence-electron chi connectivity index (χ2n) is 10.9. The van der Waals surface area contributed by atoms with Crippen LogP contribution < -0.4 is 5.32 Å². The van der Waals surface area contributed by atoms with Gasteiger partial charge in [-0.1, -0.05) is 6.07 Å². The number of nitrogens with zero attached hydrogens (tertiary/aromatic N) is 5. The number of nitrogens with one attached hydrogen (secondary N) is 1. The lowest BCUT2D eigenvalue weighted by molar-refractivity contribution is 0.0500.